The minimum atomic E-state index is 0. The summed E-state index contributed by atoms with van der Waals surface area (Å²) in [6.07, 6.45) is 1.96. The third-order valence-corrected chi connectivity index (χ3v) is 3.60. The second kappa shape index (κ2) is 6.59. The molecule has 0 saturated carbocycles. The Bertz CT molecular complexity index is 809. The predicted molar refractivity (Wildman–Crippen MR) is 82.3 cm³/mol. The first-order chi connectivity index (χ1) is 9.72. The monoisotopic (exact) mass is 348 g/mol. The van der Waals surface area contributed by atoms with Gasteiger partial charge in [-0.3, -0.25) is 0 Å². The van der Waals surface area contributed by atoms with E-state index in [0.29, 0.717) is 5.69 Å². The van der Waals surface area contributed by atoms with Gasteiger partial charge in [-0.15, -0.1) is 11.8 Å². The van der Waals surface area contributed by atoms with E-state index in [9.17, 15) is 0 Å². The predicted octanol–water partition coefficient (Wildman–Crippen LogP) is 3.65. The van der Waals surface area contributed by atoms with Crippen molar-refractivity contribution >= 4 is 23.2 Å². The van der Waals surface area contributed by atoms with Gasteiger partial charge in [0.05, 0.1) is 6.20 Å². The number of rotatable bonds is 2. The van der Waals surface area contributed by atoms with Gasteiger partial charge in [-0.25, -0.2) is 6.07 Å². The molecule has 0 amide bonds. The molecule has 3 heteroatoms. The van der Waals surface area contributed by atoms with E-state index in [-0.39, 0.29) is 32.7 Å². The van der Waals surface area contributed by atoms with Crippen molar-refractivity contribution < 1.29 is 37.3 Å². The van der Waals surface area contributed by atoms with Crippen LogP contribution < -0.4 is 4.57 Å². The van der Waals surface area contributed by atoms with Crippen molar-refractivity contribution in [2.75, 3.05) is 0 Å². The molecule has 0 spiro atoms. The van der Waals surface area contributed by atoms with Gasteiger partial charge in [0.15, 0.2) is 0 Å². The molecule has 1 heterocycles. The van der Waals surface area contributed by atoms with Crippen LogP contribution in [-0.2, 0) is 39.8 Å². The summed E-state index contributed by atoms with van der Waals surface area (Å²) >= 11 is 0. The number of aryl methyl sites for hydroxylation is 2. The smallest absolute Gasteiger partial charge is 0.114 e. The van der Waals surface area contributed by atoms with E-state index in [1.54, 1.807) is 0 Å². The number of pyridine rings is 1. The molecule has 0 fully saturated rings. The Balaban J connectivity index is 0.00000161. The third-order valence-electron chi connectivity index (χ3n) is 3.60. The van der Waals surface area contributed by atoms with Gasteiger partial charge in [0.25, 0.3) is 0 Å². The quantitative estimate of drug-likeness (QED) is 0.382. The van der Waals surface area contributed by atoms with Crippen LogP contribution in [0.5, 0.6) is 0 Å². The van der Waals surface area contributed by atoms with Crippen LogP contribution in [0.4, 0.5) is 5.69 Å². The van der Waals surface area contributed by atoms with Crippen molar-refractivity contribution in [3.63, 3.8) is 0 Å². The van der Waals surface area contributed by atoms with Crippen molar-refractivity contribution in [3.8, 4) is 11.3 Å². The van der Waals surface area contributed by atoms with Crippen LogP contribution in [0, 0.1) is 13.0 Å². The molecule has 0 atom stereocenters. The second-order valence-corrected chi connectivity index (χ2v) is 4.88. The van der Waals surface area contributed by atoms with Gasteiger partial charge in [0.1, 0.15) is 7.05 Å². The van der Waals surface area contributed by atoms with Gasteiger partial charge in [0.2, 0.25) is 0 Å². The fourth-order valence-corrected chi connectivity index (χ4v) is 2.63. The Morgan fingerprint density at radius 1 is 1.14 bits per heavy atom. The average molecular weight is 348 g/mol. The molecule has 0 N–H and O–H groups in total. The number of hydrogen-bond acceptors (Lipinski definition) is 1. The second-order valence-electron chi connectivity index (χ2n) is 4.88. The maximum absolute atomic E-state index is 5.53. The molecule has 3 rings (SSSR count). The summed E-state index contributed by atoms with van der Waals surface area (Å²) in [4.78, 5) is 3.88. The van der Waals surface area contributed by atoms with Crippen molar-refractivity contribution in [2.24, 2.45) is 12.0 Å². The van der Waals surface area contributed by atoms with E-state index in [1.165, 1.54) is 16.3 Å². The fraction of sp³-hybridized carbons (Fsp3) is 0.111. The first kappa shape index (κ1) is 16.0. The average Bonchev–Trinajstić information content (AvgIpc) is 2.48. The normalized spacial score (nSPS) is 10.2. The summed E-state index contributed by atoms with van der Waals surface area (Å²) in [7, 11) is 2.00. The third kappa shape index (κ3) is 2.83. The number of fused-ring (bicyclic) bond motifs is 1. The van der Waals surface area contributed by atoms with Crippen molar-refractivity contribution in [2.45, 2.75) is 6.92 Å². The van der Waals surface area contributed by atoms with Crippen LogP contribution in [0.25, 0.3) is 22.0 Å². The largest absolute Gasteiger partial charge is 0.479 e. The maximum atomic E-state index is 5.53. The van der Waals surface area contributed by atoms with Gasteiger partial charge >= 0.3 is 0 Å². The van der Waals surface area contributed by atoms with Crippen LogP contribution in [0.15, 0.2) is 53.7 Å². The molecule has 2 aromatic carbocycles. The molecule has 0 aliphatic carbocycles. The minimum Gasteiger partial charge on any atom is -0.479 e. The number of aromatic nitrogens is 1. The molecule has 3 aromatic rings. The number of hydrogen-bond donors (Lipinski definition) is 0. The van der Waals surface area contributed by atoms with Crippen LogP contribution >= 0.6 is 0 Å². The maximum Gasteiger partial charge on any atom is 0.114 e. The Hall–Kier alpha value is -1.38. The van der Waals surface area contributed by atoms with Crippen molar-refractivity contribution in [1.82, 2.24) is 0 Å². The molecule has 1 radical (unpaired) electrons. The van der Waals surface area contributed by atoms with Crippen molar-refractivity contribution in [3.05, 3.63) is 60.3 Å². The van der Waals surface area contributed by atoms with E-state index >= 15 is 0 Å². The standard InChI is InChI=1S/C18H15N2.Y/c1-13-10-11-14-7-4-5-8-15(14)17(13)18-16(19-2)9-6-12-20(18)3;/h2,4-8,10-12H,1,3H3;/q-1;. The zero-order valence-corrected chi connectivity index (χ0v) is 15.0. The SMILES string of the molecule is [CH-]=Nc1[c-]cc[n+](C)c1-c1c(C)ccc2ccccc12.[Y]. The van der Waals surface area contributed by atoms with E-state index in [4.69, 9.17) is 6.72 Å². The van der Waals surface area contributed by atoms with Crippen LogP contribution in [0.1, 0.15) is 5.56 Å². The molecule has 0 aliphatic heterocycles. The number of aliphatic imine (C=N–C) groups is 1. The molecular weight excluding hydrogens is 333 g/mol. The zero-order chi connectivity index (χ0) is 14.1. The molecule has 101 valence electrons. The molecule has 0 unspecified atom stereocenters. The van der Waals surface area contributed by atoms with E-state index in [0.717, 1.165) is 11.3 Å². The number of benzene rings is 2. The van der Waals surface area contributed by atoms with Gasteiger partial charge in [-0.05, 0) is 23.3 Å². The fourth-order valence-electron chi connectivity index (χ4n) is 2.63. The Morgan fingerprint density at radius 2 is 1.90 bits per heavy atom. The summed E-state index contributed by atoms with van der Waals surface area (Å²) in [5.41, 5.74) is 4.02. The summed E-state index contributed by atoms with van der Waals surface area (Å²) in [5.74, 6) is 0. The van der Waals surface area contributed by atoms with Gasteiger partial charge in [0, 0.05) is 38.4 Å². The minimum absolute atomic E-state index is 0. The topological polar surface area (TPSA) is 16.2 Å². The summed E-state index contributed by atoms with van der Waals surface area (Å²) in [5, 5.41) is 2.41. The van der Waals surface area contributed by atoms with E-state index in [1.807, 2.05) is 29.9 Å². The molecular formula is C18H15N2Y-. The molecule has 0 aliphatic rings. The molecule has 2 nitrogen and oxygen atoms in total. The molecule has 1 aromatic heterocycles. The summed E-state index contributed by atoms with van der Waals surface area (Å²) < 4.78 is 2.04. The van der Waals surface area contributed by atoms with Gasteiger partial charge in [-0.1, -0.05) is 42.0 Å². The number of nitrogens with zero attached hydrogens (tertiary/aromatic N) is 2. The molecule has 0 saturated heterocycles. The summed E-state index contributed by atoms with van der Waals surface area (Å²) in [6.45, 7) is 7.64. The van der Waals surface area contributed by atoms with E-state index < -0.39 is 0 Å². The Morgan fingerprint density at radius 3 is 2.67 bits per heavy atom. The first-order valence-corrected chi connectivity index (χ1v) is 6.52. The summed E-state index contributed by atoms with van der Waals surface area (Å²) in [6, 6.07) is 17.5. The van der Waals surface area contributed by atoms with Gasteiger partial charge in [-0.2, -0.15) is 6.72 Å². The zero-order valence-electron chi connectivity index (χ0n) is 12.2. The molecule has 21 heavy (non-hydrogen) atoms. The van der Waals surface area contributed by atoms with E-state index in [2.05, 4.69) is 48.3 Å². The van der Waals surface area contributed by atoms with Gasteiger partial charge < -0.3 is 9.56 Å². The van der Waals surface area contributed by atoms with Crippen molar-refractivity contribution in [1.29, 1.82) is 0 Å². The first-order valence-electron chi connectivity index (χ1n) is 6.52. The van der Waals surface area contributed by atoms with Crippen LogP contribution in [0.2, 0.25) is 0 Å². The Labute approximate surface area is 150 Å². The molecule has 0 bridgehead atoms. The van der Waals surface area contributed by atoms with Crippen LogP contribution in [-0.4, -0.2) is 6.72 Å². The Kier molecular flexibility index (Phi) is 5.02. The van der Waals surface area contributed by atoms with Crippen LogP contribution in [0.3, 0.4) is 0 Å².